The lowest BCUT2D eigenvalue weighted by molar-refractivity contribution is -0.120. The molecule has 106 valence electrons. The average molecular weight is 291 g/mol. The number of hydrogen-bond donors (Lipinski definition) is 2. The van der Waals surface area contributed by atoms with Crippen LogP contribution in [0.2, 0.25) is 5.02 Å². The Bertz CT molecular complexity index is 573. The summed E-state index contributed by atoms with van der Waals surface area (Å²) in [5.74, 6) is -0.457. The molecule has 0 saturated carbocycles. The van der Waals surface area contributed by atoms with Gasteiger partial charge in [-0.15, -0.1) is 0 Å². The molecule has 1 unspecified atom stereocenters. The number of hydrogen-bond acceptors (Lipinski definition) is 2. The van der Waals surface area contributed by atoms with Crippen LogP contribution in [0, 0.1) is 5.92 Å². The molecule has 4 heteroatoms. The Morgan fingerprint density at radius 2 is 2.00 bits per heavy atom. The third-order valence-electron chi connectivity index (χ3n) is 3.74. The number of nitrogens with two attached hydrogens (primary N) is 1. The van der Waals surface area contributed by atoms with Crippen LogP contribution in [0.1, 0.15) is 20.3 Å². The van der Waals surface area contributed by atoms with Crippen LogP contribution in [0.15, 0.2) is 47.1 Å². The smallest absolute Gasteiger partial charge is 0.224 e. The van der Waals surface area contributed by atoms with Gasteiger partial charge in [-0.25, -0.2) is 0 Å². The summed E-state index contributed by atoms with van der Waals surface area (Å²) in [6.45, 7) is 4.82. The molecule has 1 aromatic carbocycles. The van der Waals surface area contributed by atoms with Gasteiger partial charge in [-0.1, -0.05) is 23.3 Å². The third-order valence-corrected chi connectivity index (χ3v) is 3.99. The van der Waals surface area contributed by atoms with Gasteiger partial charge in [0.05, 0.1) is 5.92 Å². The summed E-state index contributed by atoms with van der Waals surface area (Å²) in [4.78, 5) is 11.4. The molecule has 0 aliphatic heterocycles. The van der Waals surface area contributed by atoms with E-state index in [9.17, 15) is 4.79 Å². The Balaban J connectivity index is 2.10. The number of halogens is 1. The van der Waals surface area contributed by atoms with E-state index in [-0.39, 0.29) is 11.8 Å². The van der Waals surface area contributed by atoms with Crippen molar-refractivity contribution >= 4 is 23.2 Å². The summed E-state index contributed by atoms with van der Waals surface area (Å²) in [6, 6.07) is 7.56. The summed E-state index contributed by atoms with van der Waals surface area (Å²) in [5, 5.41) is 4.05. The lowest BCUT2D eigenvalue weighted by Crippen LogP contribution is -2.25. The van der Waals surface area contributed by atoms with Gasteiger partial charge in [0, 0.05) is 17.3 Å². The second-order valence-corrected chi connectivity index (χ2v) is 5.61. The molecule has 1 amide bonds. The predicted molar refractivity (Wildman–Crippen MR) is 83.7 cm³/mol. The minimum atomic E-state index is -0.263. The number of benzene rings is 1. The number of carbonyl (C=O) groups excluding carboxylic acids is 1. The maximum atomic E-state index is 11.4. The Labute approximate surface area is 124 Å². The van der Waals surface area contributed by atoms with Crippen LogP contribution in [0.3, 0.4) is 0 Å². The van der Waals surface area contributed by atoms with Crippen molar-refractivity contribution < 1.29 is 4.79 Å². The number of amides is 1. The zero-order chi connectivity index (χ0) is 14.7. The molecule has 1 aliphatic rings. The number of carbonyl (C=O) groups is 1. The van der Waals surface area contributed by atoms with Gasteiger partial charge < -0.3 is 11.1 Å². The quantitative estimate of drug-likeness (QED) is 0.891. The largest absolute Gasteiger partial charge is 0.381 e. The van der Waals surface area contributed by atoms with Crippen LogP contribution in [-0.4, -0.2) is 12.5 Å². The Morgan fingerprint density at radius 1 is 1.35 bits per heavy atom. The van der Waals surface area contributed by atoms with Crippen molar-refractivity contribution in [2.45, 2.75) is 20.3 Å². The van der Waals surface area contributed by atoms with E-state index < -0.39 is 0 Å². The minimum absolute atomic E-state index is 0.194. The molecule has 3 N–H and O–H groups in total. The summed E-state index contributed by atoms with van der Waals surface area (Å²) < 4.78 is 0. The fraction of sp³-hybridized carbons (Fsp3) is 0.312. The van der Waals surface area contributed by atoms with Gasteiger partial charge in [-0.05, 0) is 55.7 Å². The molecule has 3 nitrogen and oxygen atoms in total. The van der Waals surface area contributed by atoms with Crippen molar-refractivity contribution in [2.75, 3.05) is 11.9 Å². The molecular formula is C16H19ClN2O. The number of rotatable bonds is 4. The van der Waals surface area contributed by atoms with Crippen molar-refractivity contribution in [3.05, 3.63) is 52.1 Å². The van der Waals surface area contributed by atoms with E-state index in [0.717, 1.165) is 17.7 Å². The first-order valence-corrected chi connectivity index (χ1v) is 7.01. The van der Waals surface area contributed by atoms with Crippen molar-refractivity contribution in [3.63, 3.8) is 0 Å². The first kappa shape index (κ1) is 14.7. The molecule has 1 atom stereocenters. The van der Waals surface area contributed by atoms with E-state index in [1.807, 2.05) is 30.3 Å². The molecular weight excluding hydrogens is 272 g/mol. The molecule has 0 fully saturated rings. The topological polar surface area (TPSA) is 55.1 Å². The zero-order valence-electron chi connectivity index (χ0n) is 11.7. The Kier molecular flexibility index (Phi) is 4.50. The molecule has 0 spiro atoms. The van der Waals surface area contributed by atoms with Crippen molar-refractivity contribution in [1.29, 1.82) is 0 Å². The highest BCUT2D eigenvalue weighted by atomic mass is 35.5. The van der Waals surface area contributed by atoms with Crippen LogP contribution in [-0.2, 0) is 4.79 Å². The maximum absolute atomic E-state index is 11.4. The fourth-order valence-electron chi connectivity index (χ4n) is 2.32. The lowest BCUT2D eigenvalue weighted by Gasteiger charge is -2.22. The van der Waals surface area contributed by atoms with Gasteiger partial charge in [-0.3, -0.25) is 4.79 Å². The van der Waals surface area contributed by atoms with E-state index in [2.05, 4.69) is 19.2 Å². The van der Waals surface area contributed by atoms with Gasteiger partial charge in [-0.2, -0.15) is 0 Å². The lowest BCUT2D eigenvalue weighted by atomic mass is 9.85. The Hall–Kier alpha value is -1.74. The standard InChI is InChI=1S/C16H19ClN2O/c1-10-7-12(16(18)20)8-13(11(10)2)9-19-15-5-3-14(17)4-6-15/h3-6,8,12,19H,7,9H2,1-2H3,(H2,18,20). The van der Waals surface area contributed by atoms with Crippen molar-refractivity contribution in [3.8, 4) is 0 Å². The normalized spacial score (nSPS) is 18.8. The van der Waals surface area contributed by atoms with E-state index in [1.165, 1.54) is 11.1 Å². The van der Waals surface area contributed by atoms with Gasteiger partial charge in [0.15, 0.2) is 0 Å². The van der Waals surface area contributed by atoms with E-state index in [1.54, 1.807) is 0 Å². The highest BCUT2D eigenvalue weighted by Gasteiger charge is 2.20. The van der Waals surface area contributed by atoms with E-state index in [4.69, 9.17) is 17.3 Å². The molecule has 1 aromatic rings. The zero-order valence-corrected chi connectivity index (χ0v) is 12.5. The van der Waals surface area contributed by atoms with E-state index >= 15 is 0 Å². The van der Waals surface area contributed by atoms with E-state index in [0.29, 0.717) is 11.6 Å². The minimum Gasteiger partial charge on any atom is -0.381 e. The molecule has 20 heavy (non-hydrogen) atoms. The molecule has 2 rings (SSSR count). The summed E-state index contributed by atoms with van der Waals surface area (Å²) >= 11 is 5.86. The van der Waals surface area contributed by atoms with Gasteiger partial charge in [0.1, 0.15) is 0 Å². The average Bonchev–Trinajstić information content (AvgIpc) is 2.42. The SMILES string of the molecule is CC1=C(C)C(CNc2ccc(Cl)cc2)=CC(C(N)=O)C1. The van der Waals surface area contributed by atoms with Gasteiger partial charge in [0.2, 0.25) is 5.91 Å². The number of nitrogens with one attached hydrogen (secondary N) is 1. The molecule has 0 saturated heterocycles. The van der Waals surface area contributed by atoms with Crippen molar-refractivity contribution in [1.82, 2.24) is 0 Å². The van der Waals surface area contributed by atoms with Gasteiger partial charge in [0.25, 0.3) is 0 Å². The molecule has 0 aromatic heterocycles. The number of allylic oxidation sites excluding steroid dienone is 1. The first-order valence-electron chi connectivity index (χ1n) is 6.63. The predicted octanol–water partition coefficient (Wildman–Crippen LogP) is 3.52. The molecule has 1 aliphatic carbocycles. The molecule has 0 heterocycles. The van der Waals surface area contributed by atoms with Crippen LogP contribution < -0.4 is 11.1 Å². The second kappa shape index (κ2) is 6.14. The summed E-state index contributed by atoms with van der Waals surface area (Å²) in [6.07, 6.45) is 2.71. The van der Waals surface area contributed by atoms with Gasteiger partial charge >= 0.3 is 0 Å². The first-order chi connectivity index (χ1) is 9.47. The highest BCUT2D eigenvalue weighted by molar-refractivity contribution is 6.30. The van der Waals surface area contributed by atoms with Crippen LogP contribution in [0.4, 0.5) is 5.69 Å². The molecule has 0 radical (unpaired) electrons. The molecule has 0 bridgehead atoms. The monoisotopic (exact) mass is 290 g/mol. The highest BCUT2D eigenvalue weighted by Crippen LogP contribution is 2.28. The van der Waals surface area contributed by atoms with Crippen LogP contribution >= 0.6 is 11.6 Å². The second-order valence-electron chi connectivity index (χ2n) is 5.17. The summed E-state index contributed by atoms with van der Waals surface area (Å²) in [7, 11) is 0. The third kappa shape index (κ3) is 3.42. The maximum Gasteiger partial charge on any atom is 0.224 e. The Morgan fingerprint density at radius 3 is 2.60 bits per heavy atom. The van der Waals surface area contributed by atoms with Crippen LogP contribution in [0.25, 0.3) is 0 Å². The number of anilines is 1. The van der Waals surface area contributed by atoms with Crippen LogP contribution in [0.5, 0.6) is 0 Å². The summed E-state index contributed by atoms with van der Waals surface area (Å²) in [5.41, 5.74) is 10.0. The number of primary amides is 1. The fourth-order valence-corrected chi connectivity index (χ4v) is 2.45. The van der Waals surface area contributed by atoms with Crippen molar-refractivity contribution in [2.24, 2.45) is 11.7 Å².